The first-order chi connectivity index (χ1) is 18.0. The van der Waals surface area contributed by atoms with Gasteiger partial charge < -0.3 is 25.2 Å². The molecule has 8 nitrogen and oxygen atoms in total. The van der Waals surface area contributed by atoms with Crippen molar-refractivity contribution in [2.45, 2.75) is 71.1 Å². The van der Waals surface area contributed by atoms with E-state index in [1.807, 2.05) is 39.0 Å². The predicted molar refractivity (Wildman–Crippen MR) is 145 cm³/mol. The molecule has 1 fully saturated rings. The lowest BCUT2D eigenvalue weighted by Gasteiger charge is -2.29. The molecular weight excluding hydrogens is 508 g/mol. The Bertz CT molecular complexity index is 1090. The van der Waals surface area contributed by atoms with E-state index in [0.29, 0.717) is 36.8 Å². The van der Waals surface area contributed by atoms with Crippen molar-refractivity contribution in [2.75, 3.05) is 6.54 Å². The normalized spacial score (nSPS) is 18.2. The maximum absolute atomic E-state index is 12.8. The van der Waals surface area contributed by atoms with Crippen molar-refractivity contribution in [3.05, 3.63) is 64.7 Å². The molecule has 3 N–H and O–H groups in total. The van der Waals surface area contributed by atoms with E-state index < -0.39 is 23.7 Å². The summed E-state index contributed by atoms with van der Waals surface area (Å²) in [6.45, 7) is 6.31. The molecule has 3 rings (SSSR count). The van der Waals surface area contributed by atoms with Gasteiger partial charge in [-0.05, 0) is 87.8 Å². The molecular formula is C29H37ClN2O6. The molecule has 1 atom stereocenters. The SMILES string of the molecule is CC(C)(C)OC(=O)NCC1CCC(C(=O)N[C@@H](Cc2ccc(OCc3cccc(Cl)c3)cc2)C(=O)O)CC1. The standard InChI is InChI=1S/C29H37ClN2O6/c1-29(2,3)38-28(36)31-17-20-7-11-22(12-8-20)26(33)32-25(27(34)35)16-19-9-13-24(14-10-19)37-18-21-5-4-6-23(30)15-21/h4-6,9-10,13-15,20,22,25H,7-8,11-12,16-18H2,1-3H3,(H,31,36)(H,32,33)(H,34,35)/t20?,22?,25-/m0/s1. The second-order valence-electron chi connectivity index (χ2n) is 10.8. The third-order valence-electron chi connectivity index (χ3n) is 6.42. The zero-order valence-electron chi connectivity index (χ0n) is 22.2. The number of rotatable bonds is 10. The average Bonchev–Trinajstić information content (AvgIpc) is 2.86. The number of hydrogen-bond donors (Lipinski definition) is 3. The van der Waals surface area contributed by atoms with Crippen LogP contribution in [0.4, 0.5) is 4.79 Å². The van der Waals surface area contributed by atoms with Crippen molar-refractivity contribution in [1.82, 2.24) is 10.6 Å². The summed E-state index contributed by atoms with van der Waals surface area (Å²) < 4.78 is 11.0. The smallest absolute Gasteiger partial charge is 0.407 e. The predicted octanol–water partition coefficient (Wildman–Crippen LogP) is 5.36. The van der Waals surface area contributed by atoms with Crippen molar-refractivity contribution < 1.29 is 29.0 Å². The van der Waals surface area contributed by atoms with Gasteiger partial charge in [0, 0.05) is 23.9 Å². The fraction of sp³-hybridized carbons (Fsp3) is 0.483. The highest BCUT2D eigenvalue weighted by molar-refractivity contribution is 6.30. The fourth-order valence-electron chi connectivity index (χ4n) is 4.41. The summed E-state index contributed by atoms with van der Waals surface area (Å²) >= 11 is 6.00. The number of carboxylic acid groups (broad SMARTS) is 1. The molecule has 1 aliphatic rings. The van der Waals surface area contributed by atoms with Crippen molar-refractivity contribution in [3.8, 4) is 5.75 Å². The summed E-state index contributed by atoms with van der Waals surface area (Å²) in [6.07, 6.45) is 2.59. The van der Waals surface area contributed by atoms with Crippen LogP contribution < -0.4 is 15.4 Å². The third kappa shape index (κ3) is 9.89. The Hall–Kier alpha value is -3.26. The van der Waals surface area contributed by atoms with Crippen LogP contribution in [0.1, 0.15) is 57.6 Å². The van der Waals surface area contributed by atoms with Gasteiger partial charge in [0.15, 0.2) is 0 Å². The number of benzene rings is 2. The third-order valence-corrected chi connectivity index (χ3v) is 6.66. The number of carbonyl (C=O) groups is 3. The van der Waals surface area contributed by atoms with E-state index in [4.69, 9.17) is 21.1 Å². The van der Waals surface area contributed by atoms with E-state index in [1.165, 1.54) is 0 Å². The van der Waals surface area contributed by atoms with Crippen molar-refractivity contribution >= 4 is 29.6 Å². The summed E-state index contributed by atoms with van der Waals surface area (Å²) in [5, 5.41) is 15.9. The molecule has 1 saturated carbocycles. The van der Waals surface area contributed by atoms with Crippen LogP contribution in [0, 0.1) is 11.8 Å². The molecule has 2 amide bonds. The van der Waals surface area contributed by atoms with Crippen molar-refractivity contribution in [1.29, 1.82) is 0 Å². The molecule has 2 aromatic rings. The number of aliphatic carboxylic acids is 1. The van der Waals surface area contributed by atoms with Gasteiger partial charge in [-0.25, -0.2) is 9.59 Å². The molecule has 2 aromatic carbocycles. The number of carbonyl (C=O) groups excluding carboxylic acids is 2. The van der Waals surface area contributed by atoms with Crippen LogP contribution in [0.25, 0.3) is 0 Å². The van der Waals surface area contributed by atoms with Gasteiger partial charge in [-0.3, -0.25) is 4.79 Å². The number of halogens is 1. The Morgan fingerprint density at radius 1 is 1.03 bits per heavy atom. The topological polar surface area (TPSA) is 114 Å². The first-order valence-electron chi connectivity index (χ1n) is 12.9. The second kappa shape index (κ2) is 13.5. The Labute approximate surface area is 229 Å². The molecule has 1 aliphatic carbocycles. The van der Waals surface area contributed by atoms with E-state index in [-0.39, 0.29) is 24.2 Å². The highest BCUT2D eigenvalue weighted by Gasteiger charge is 2.30. The van der Waals surface area contributed by atoms with Crippen LogP contribution >= 0.6 is 11.6 Å². The lowest BCUT2D eigenvalue weighted by Crippen LogP contribution is -2.46. The highest BCUT2D eigenvalue weighted by atomic mass is 35.5. The van der Waals surface area contributed by atoms with Crippen LogP contribution in [-0.2, 0) is 27.4 Å². The van der Waals surface area contributed by atoms with Crippen molar-refractivity contribution in [2.24, 2.45) is 11.8 Å². The zero-order chi connectivity index (χ0) is 27.7. The summed E-state index contributed by atoms with van der Waals surface area (Å²) in [7, 11) is 0. The summed E-state index contributed by atoms with van der Waals surface area (Å²) in [4.78, 5) is 36.6. The molecule has 38 heavy (non-hydrogen) atoms. The summed E-state index contributed by atoms with van der Waals surface area (Å²) in [5.41, 5.74) is 1.18. The minimum atomic E-state index is -1.07. The molecule has 9 heteroatoms. The number of ether oxygens (including phenoxy) is 2. The average molecular weight is 545 g/mol. The van der Waals surface area contributed by atoms with E-state index in [2.05, 4.69) is 10.6 Å². The van der Waals surface area contributed by atoms with Gasteiger partial charge >= 0.3 is 12.1 Å². The number of hydrogen-bond acceptors (Lipinski definition) is 5. The number of carboxylic acids is 1. The van der Waals surface area contributed by atoms with Gasteiger partial charge in [0.05, 0.1) is 0 Å². The van der Waals surface area contributed by atoms with Gasteiger partial charge in [-0.15, -0.1) is 0 Å². The molecule has 0 spiro atoms. The second-order valence-corrected chi connectivity index (χ2v) is 11.2. The molecule has 0 aliphatic heterocycles. The fourth-order valence-corrected chi connectivity index (χ4v) is 4.62. The largest absolute Gasteiger partial charge is 0.489 e. The Balaban J connectivity index is 1.44. The Kier molecular flexibility index (Phi) is 10.4. The van der Waals surface area contributed by atoms with Gasteiger partial charge in [-0.2, -0.15) is 0 Å². The van der Waals surface area contributed by atoms with Crippen molar-refractivity contribution in [3.63, 3.8) is 0 Å². The Morgan fingerprint density at radius 3 is 2.32 bits per heavy atom. The summed E-state index contributed by atoms with van der Waals surface area (Å²) in [6, 6.07) is 13.6. The quantitative estimate of drug-likeness (QED) is 0.371. The van der Waals surface area contributed by atoms with E-state index in [1.54, 1.807) is 30.3 Å². The summed E-state index contributed by atoms with van der Waals surface area (Å²) in [5.74, 6) is -0.631. The van der Waals surface area contributed by atoms with Crippen LogP contribution in [-0.4, -0.2) is 41.3 Å². The van der Waals surface area contributed by atoms with Gasteiger partial charge in [-0.1, -0.05) is 35.9 Å². The van der Waals surface area contributed by atoms with Gasteiger partial charge in [0.25, 0.3) is 0 Å². The van der Waals surface area contributed by atoms with Crippen LogP contribution in [0.3, 0.4) is 0 Å². The maximum atomic E-state index is 12.8. The number of amides is 2. The Morgan fingerprint density at radius 2 is 1.71 bits per heavy atom. The lowest BCUT2D eigenvalue weighted by atomic mass is 9.81. The van der Waals surface area contributed by atoms with E-state index >= 15 is 0 Å². The molecule has 0 unspecified atom stereocenters. The van der Waals surface area contributed by atoms with Crippen LogP contribution in [0.15, 0.2) is 48.5 Å². The molecule has 0 aromatic heterocycles. The lowest BCUT2D eigenvalue weighted by molar-refractivity contribution is -0.142. The monoisotopic (exact) mass is 544 g/mol. The molecule has 0 heterocycles. The van der Waals surface area contributed by atoms with Gasteiger partial charge in [0.2, 0.25) is 5.91 Å². The highest BCUT2D eigenvalue weighted by Crippen LogP contribution is 2.29. The van der Waals surface area contributed by atoms with Gasteiger partial charge in [0.1, 0.15) is 24.0 Å². The van der Waals surface area contributed by atoms with Crippen LogP contribution in [0.5, 0.6) is 5.75 Å². The maximum Gasteiger partial charge on any atom is 0.407 e. The molecule has 0 radical (unpaired) electrons. The molecule has 0 bridgehead atoms. The molecule has 0 saturated heterocycles. The minimum absolute atomic E-state index is 0.171. The first-order valence-corrected chi connectivity index (χ1v) is 13.3. The van der Waals surface area contributed by atoms with Crippen LogP contribution in [0.2, 0.25) is 5.02 Å². The van der Waals surface area contributed by atoms with E-state index in [9.17, 15) is 19.5 Å². The van der Waals surface area contributed by atoms with E-state index in [0.717, 1.165) is 24.0 Å². The number of alkyl carbamates (subject to hydrolysis) is 1. The minimum Gasteiger partial charge on any atom is -0.489 e. The first kappa shape index (κ1) is 29.3. The molecule has 206 valence electrons. The number of nitrogens with one attached hydrogen (secondary N) is 2. The zero-order valence-corrected chi connectivity index (χ0v) is 22.9.